The zero-order valence-corrected chi connectivity index (χ0v) is 19.9. The maximum atomic E-state index is 12.7. The summed E-state index contributed by atoms with van der Waals surface area (Å²) in [6, 6.07) is 18.8. The van der Waals surface area contributed by atoms with Crippen molar-refractivity contribution >= 4 is 21.6 Å². The molecule has 0 aliphatic carbocycles. The lowest BCUT2D eigenvalue weighted by Crippen LogP contribution is -2.31. The van der Waals surface area contributed by atoms with E-state index in [9.17, 15) is 13.2 Å². The first-order valence-corrected chi connectivity index (χ1v) is 11.9. The van der Waals surface area contributed by atoms with Crippen LogP contribution in [0.1, 0.15) is 29.7 Å². The topological polar surface area (TPSA) is 93.7 Å². The smallest absolute Gasteiger partial charge is 0.261 e. The lowest BCUT2D eigenvalue weighted by atomic mass is 10.1. The molecule has 1 unspecified atom stereocenters. The quantitative estimate of drug-likeness (QED) is 0.486. The zero-order chi connectivity index (χ0) is 24.0. The highest BCUT2D eigenvalue weighted by Crippen LogP contribution is 2.23. The minimum Gasteiger partial charge on any atom is -0.497 e. The number of hydrogen-bond acceptors (Lipinski definition) is 5. The van der Waals surface area contributed by atoms with E-state index in [0.29, 0.717) is 11.4 Å². The van der Waals surface area contributed by atoms with Crippen molar-refractivity contribution in [1.29, 1.82) is 0 Å². The second-order valence-corrected chi connectivity index (χ2v) is 9.43. The average Bonchev–Trinajstić information content (AvgIpc) is 2.80. The molecule has 2 N–H and O–H groups in total. The SMILES string of the molecule is COc1ccc(C(C)NC(=O)COc2ccc(S(=O)(=O)Nc3cc(C)ccc3C)cc2)cc1. The van der Waals surface area contributed by atoms with E-state index in [1.165, 1.54) is 24.3 Å². The van der Waals surface area contributed by atoms with Crippen LogP contribution in [0.3, 0.4) is 0 Å². The van der Waals surface area contributed by atoms with E-state index in [1.54, 1.807) is 13.2 Å². The van der Waals surface area contributed by atoms with Crippen molar-refractivity contribution in [2.75, 3.05) is 18.4 Å². The first kappa shape index (κ1) is 24.1. The fourth-order valence-electron chi connectivity index (χ4n) is 3.17. The summed E-state index contributed by atoms with van der Waals surface area (Å²) in [5.41, 5.74) is 3.27. The summed E-state index contributed by atoms with van der Waals surface area (Å²) in [7, 11) is -2.15. The first-order chi connectivity index (χ1) is 15.7. The van der Waals surface area contributed by atoms with Gasteiger partial charge < -0.3 is 14.8 Å². The standard InChI is InChI=1S/C25H28N2O5S/c1-17-5-6-18(2)24(15-17)27-33(29,30)23-13-11-22(12-14-23)32-16-25(28)26-19(3)20-7-9-21(31-4)10-8-20/h5-15,19,27H,16H2,1-4H3,(H,26,28). The van der Waals surface area contributed by atoms with Gasteiger partial charge in [-0.1, -0.05) is 24.3 Å². The maximum Gasteiger partial charge on any atom is 0.261 e. The summed E-state index contributed by atoms with van der Waals surface area (Å²) in [5.74, 6) is 0.856. The van der Waals surface area contributed by atoms with E-state index in [2.05, 4.69) is 10.0 Å². The number of rotatable bonds is 9. The third-order valence-corrected chi connectivity index (χ3v) is 6.52. The highest BCUT2D eigenvalue weighted by Gasteiger charge is 2.16. The van der Waals surface area contributed by atoms with E-state index in [0.717, 1.165) is 22.4 Å². The summed E-state index contributed by atoms with van der Waals surface area (Å²) >= 11 is 0. The number of amides is 1. The molecule has 0 saturated carbocycles. The maximum absolute atomic E-state index is 12.7. The van der Waals surface area contributed by atoms with Crippen molar-refractivity contribution in [3.63, 3.8) is 0 Å². The molecule has 0 radical (unpaired) electrons. The molecular weight excluding hydrogens is 440 g/mol. The molecule has 0 aliphatic rings. The van der Waals surface area contributed by atoms with Crippen molar-refractivity contribution in [3.8, 4) is 11.5 Å². The molecule has 0 bridgehead atoms. The Bertz CT molecular complexity index is 1210. The van der Waals surface area contributed by atoms with E-state index in [-0.39, 0.29) is 23.5 Å². The fraction of sp³-hybridized carbons (Fsp3) is 0.240. The molecule has 33 heavy (non-hydrogen) atoms. The van der Waals surface area contributed by atoms with Gasteiger partial charge in [0.15, 0.2) is 6.61 Å². The molecule has 0 spiro atoms. The van der Waals surface area contributed by atoms with Gasteiger partial charge in [-0.05, 0) is 79.9 Å². The second kappa shape index (κ2) is 10.4. The van der Waals surface area contributed by atoms with Crippen LogP contribution < -0.4 is 19.5 Å². The van der Waals surface area contributed by atoms with Gasteiger partial charge in [0.25, 0.3) is 15.9 Å². The average molecular weight is 469 g/mol. The Morgan fingerprint density at radius 2 is 1.58 bits per heavy atom. The molecule has 0 aromatic heterocycles. The number of hydrogen-bond donors (Lipinski definition) is 2. The number of benzene rings is 3. The highest BCUT2D eigenvalue weighted by atomic mass is 32.2. The molecule has 1 atom stereocenters. The molecule has 0 fully saturated rings. The van der Waals surface area contributed by atoms with Crippen LogP contribution in [0.2, 0.25) is 0 Å². The van der Waals surface area contributed by atoms with E-state index in [1.807, 2.05) is 57.2 Å². The van der Waals surface area contributed by atoms with Crippen molar-refractivity contribution in [1.82, 2.24) is 5.32 Å². The summed E-state index contributed by atoms with van der Waals surface area (Å²) in [5, 5.41) is 2.87. The largest absolute Gasteiger partial charge is 0.497 e. The molecule has 3 rings (SSSR count). The number of ether oxygens (including phenoxy) is 2. The van der Waals surface area contributed by atoms with Gasteiger partial charge in [-0.2, -0.15) is 0 Å². The minimum absolute atomic E-state index is 0.105. The molecule has 3 aromatic carbocycles. The van der Waals surface area contributed by atoms with Gasteiger partial charge in [-0.15, -0.1) is 0 Å². The second-order valence-electron chi connectivity index (χ2n) is 7.75. The Morgan fingerprint density at radius 1 is 0.939 bits per heavy atom. The number of aryl methyl sites for hydroxylation is 2. The van der Waals surface area contributed by atoms with Crippen LogP contribution in [0.4, 0.5) is 5.69 Å². The lowest BCUT2D eigenvalue weighted by molar-refractivity contribution is -0.123. The summed E-state index contributed by atoms with van der Waals surface area (Å²) < 4.78 is 38.7. The predicted octanol–water partition coefficient (Wildman–Crippen LogP) is 4.37. The predicted molar refractivity (Wildman–Crippen MR) is 128 cm³/mol. The number of methoxy groups -OCH3 is 1. The van der Waals surface area contributed by atoms with Gasteiger partial charge in [0.1, 0.15) is 11.5 Å². The Labute approximate surface area is 194 Å². The Balaban J connectivity index is 1.56. The molecule has 0 aliphatic heterocycles. The first-order valence-electron chi connectivity index (χ1n) is 10.4. The fourth-order valence-corrected chi connectivity index (χ4v) is 4.29. The molecule has 1 amide bonds. The van der Waals surface area contributed by atoms with Gasteiger partial charge >= 0.3 is 0 Å². The van der Waals surface area contributed by atoms with Crippen molar-refractivity contribution in [2.45, 2.75) is 31.7 Å². The molecule has 7 nitrogen and oxygen atoms in total. The highest BCUT2D eigenvalue weighted by molar-refractivity contribution is 7.92. The molecule has 0 heterocycles. The lowest BCUT2D eigenvalue weighted by Gasteiger charge is -2.15. The third-order valence-electron chi connectivity index (χ3n) is 5.13. The van der Waals surface area contributed by atoms with Gasteiger partial charge in [0.2, 0.25) is 0 Å². The van der Waals surface area contributed by atoms with Crippen molar-refractivity contribution in [3.05, 3.63) is 83.4 Å². The van der Waals surface area contributed by atoms with E-state index < -0.39 is 10.0 Å². The Hall–Kier alpha value is -3.52. The summed E-state index contributed by atoms with van der Waals surface area (Å²) in [4.78, 5) is 12.4. The summed E-state index contributed by atoms with van der Waals surface area (Å²) in [6.45, 7) is 5.43. The monoisotopic (exact) mass is 468 g/mol. The molecule has 174 valence electrons. The molecular formula is C25H28N2O5S. The minimum atomic E-state index is -3.75. The normalized spacial score (nSPS) is 12.0. The van der Waals surface area contributed by atoms with Crippen molar-refractivity contribution < 1.29 is 22.7 Å². The molecule has 0 saturated heterocycles. The third kappa shape index (κ3) is 6.49. The Kier molecular flexibility index (Phi) is 7.60. The van der Waals surface area contributed by atoms with Gasteiger partial charge in [-0.25, -0.2) is 8.42 Å². The van der Waals surface area contributed by atoms with Crippen LogP contribution in [-0.2, 0) is 14.8 Å². The van der Waals surface area contributed by atoms with Crippen LogP contribution >= 0.6 is 0 Å². The van der Waals surface area contributed by atoms with E-state index >= 15 is 0 Å². The van der Waals surface area contributed by atoms with Gasteiger partial charge in [0.05, 0.1) is 23.7 Å². The molecule has 3 aromatic rings. The van der Waals surface area contributed by atoms with Gasteiger partial charge in [0, 0.05) is 0 Å². The van der Waals surface area contributed by atoms with E-state index in [4.69, 9.17) is 9.47 Å². The van der Waals surface area contributed by atoms with Gasteiger partial charge in [-0.3, -0.25) is 9.52 Å². The van der Waals surface area contributed by atoms with Crippen molar-refractivity contribution in [2.24, 2.45) is 0 Å². The van der Waals surface area contributed by atoms with Crippen LogP contribution in [0.15, 0.2) is 71.6 Å². The zero-order valence-electron chi connectivity index (χ0n) is 19.1. The number of nitrogens with one attached hydrogen (secondary N) is 2. The Morgan fingerprint density at radius 3 is 2.21 bits per heavy atom. The van der Waals surface area contributed by atoms with Crippen LogP contribution in [0.5, 0.6) is 11.5 Å². The summed E-state index contributed by atoms with van der Waals surface area (Å²) in [6.07, 6.45) is 0. The number of anilines is 1. The number of sulfonamides is 1. The van der Waals surface area contributed by atoms with Crippen LogP contribution in [0.25, 0.3) is 0 Å². The van der Waals surface area contributed by atoms with Crippen LogP contribution in [0, 0.1) is 13.8 Å². The number of carbonyl (C=O) groups is 1. The number of carbonyl (C=O) groups excluding carboxylic acids is 1. The van der Waals surface area contributed by atoms with Crippen LogP contribution in [-0.4, -0.2) is 28.0 Å². The molecule has 8 heteroatoms.